The standard InChI is InChI=1S/C26H27F3N4O3S/c1-17-6-5-7-19(14-17)10-12-31-37(35,36)24-16-30-25(15-21(24)26(27,28)29)32-22-11-13-33(18(2)34)23-9-4-3-8-20(22)23/h3-9,14-16,22,31H,10-13H2,1-2H3,(H,30,32). The molecule has 0 radical (unpaired) electrons. The Balaban J connectivity index is 1.57. The van der Waals surface area contributed by atoms with Crippen molar-refractivity contribution in [3.8, 4) is 0 Å². The smallest absolute Gasteiger partial charge is 0.363 e. The highest BCUT2D eigenvalue weighted by molar-refractivity contribution is 7.89. The highest BCUT2D eigenvalue weighted by atomic mass is 32.2. The van der Waals surface area contributed by atoms with Gasteiger partial charge in [-0.25, -0.2) is 18.1 Å². The van der Waals surface area contributed by atoms with Crippen LogP contribution in [0.15, 0.2) is 65.7 Å². The Labute approximate surface area is 213 Å². The lowest BCUT2D eigenvalue weighted by Crippen LogP contribution is -2.36. The molecule has 4 rings (SSSR count). The molecule has 2 aromatic carbocycles. The van der Waals surface area contributed by atoms with Crippen LogP contribution in [0.1, 0.15) is 41.6 Å². The maximum atomic E-state index is 14.0. The van der Waals surface area contributed by atoms with Gasteiger partial charge in [0, 0.05) is 31.9 Å². The van der Waals surface area contributed by atoms with Gasteiger partial charge in [0.05, 0.1) is 11.6 Å². The molecule has 3 aromatic rings. The van der Waals surface area contributed by atoms with E-state index in [4.69, 9.17) is 0 Å². The number of carbonyl (C=O) groups is 1. The summed E-state index contributed by atoms with van der Waals surface area (Å²) in [5, 5.41) is 2.99. The van der Waals surface area contributed by atoms with Gasteiger partial charge in [-0.3, -0.25) is 4.79 Å². The van der Waals surface area contributed by atoms with Gasteiger partial charge < -0.3 is 10.2 Å². The average molecular weight is 533 g/mol. The third kappa shape index (κ3) is 6.11. The molecule has 37 heavy (non-hydrogen) atoms. The number of benzene rings is 2. The highest BCUT2D eigenvalue weighted by Crippen LogP contribution is 2.38. The number of nitrogens with one attached hydrogen (secondary N) is 2. The third-order valence-electron chi connectivity index (χ3n) is 6.20. The van der Waals surface area contributed by atoms with Crippen molar-refractivity contribution in [1.29, 1.82) is 0 Å². The number of pyridine rings is 1. The minimum Gasteiger partial charge on any atom is -0.363 e. The molecule has 2 N–H and O–H groups in total. The van der Waals surface area contributed by atoms with E-state index in [0.717, 1.165) is 29.0 Å². The molecule has 0 aliphatic carbocycles. The summed E-state index contributed by atoms with van der Waals surface area (Å²) in [7, 11) is -4.47. The lowest BCUT2D eigenvalue weighted by Gasteiger charge is -2.34. The number of para-hydroxylation sites is 1. The van der Waals surface area contributed by atoms with Crippen molar-refractivity contribution in [2.45, 2.75) is 43.8 Å². The van der Waals surface area contributed by atoms with Crippen LogP contribution in [-0.4, -0.2) is 32.4 Å². The molecule has 0 fully saturated rings. The predicted molar refractivity (Wildman–Crippen MR) is 135 cm³/mol. The summed E-state index contributed by atoms with van der Waals surface area (Å²) in [6.07, 6.45) is -3.42. The number of aryl methyl sites for hydroxylation is 1. The molecule has 1 aromatic heterocycles. The Kier molecular flexibility index (Phi) is 7.56. The molecule has 196 valence electrons. The Morgan fingerprint density at radius 2 is 1.89 bits per heavy atom. The lowest BCUT2D eigenvalue weighted by molar-refractivity contribution is -0.140. The second kappa shape index (κ2) is 10.5. The third-order valence-corrected chi connectivity index (χ3v) is 7.69. The zero-order valence-electron chi connectivity index (χ0n) is 20.3. The summed E-state index contributed by atoms with van der Waals surface area (Å²) in [5.41, 5.74) is 1.98. The zero-order chi connectivity index (χ0) is 26.8. The molecule has 2 heterocycles. The number of fused-ring (bicyclic) bond motifs is 1. The fourth-order valence-electron chi connectivity index (χ4n) is 4.45. The quantitative estimate of drug-likeness (QED) is 0.455. The number of sulfonamides is 1. The van der Waals surface area contributed by atoms with Crippen LogP contribution >= 0.6 is 0 Å². The number of halogens is 3. The van der Waals surface area contributed by atoms with Gasteiger partial charge in [0.15, 0.2) is 0 Å². The number of anilines is 2. The molecule has 1 atom stereocenters. The van der Waals surface area contributed by atoms with E-state index in [1.54, 1.807) is 29.2 Å². The largest absolute Gasteiger partial charge is 0.417 e. The predicted octanol–water partition coefficient (Wildman–Crippen LogP) is 4.84. The van der Waals surface area contributed by atoms with Crippen LogP contribution in [-0.2, 0) is 27.4 Å². The van der Waals surface area contributed by atoms with Gasteiger partial charge in [-0.05, 0) is 43.0 Å². The van der Waals surface area contributed by atoms with E-state index >= 15 is 0 Å². The Morgan fingerprint density at radius 3 is 2.59 bits per heavy atom. The first-order chi connectivity index (χ1) is 17.5. The average Bonchev–Trinajstić information content (AvgIpc) is 2.83. The number of aromatic nitrogens is 1. The van der Waals surface area contributed by atoms with Crippen molar-refractivity contribution < 1.29 is 26.4 Å². The van der Waals surface area contributed by atoms with Crippen molar-refractivity contribution in [3.05, 3.63) is 83.0 Å². The van der Waals surface area contributed by atoms with Gasteiger partial charge in [-0.2, -0.15) is 13.2 Å². The summed E-state index contributed by atoms with van der Waals surface area (Å²) in [6, 6.07) is 14.9. The molecule has 1 unspecified atom stereocenters. The Morgan fingerprint density at radius 1 is 1.14 bits per heavy atom. The van der Waals surface area contributed by atoms with E-state index in [-0.39, 0.29) is 18.3 Å². The number of nitrogens with zero attached hydrogens (tertiary/aromatic N) is 2. The molecule has 1 aliphatic rings. The SMILES string of the molecule is CC(=O)N1CCC(Nc2cc(C(F)(F)F)c(S(=O)(=O)NCCc3cccc(C)c3)cn2)c2ccccc21. The van der Waals surface area contributed by atoms with E-state index in [0.29, 0.717) is 25.1 Å². The van der Waals surface area contributed by atoms with Crippen LogP contribution in [0.25, 0.3) is 0 Å². The summed E-state index contributed by atoms with van der Waals surface area (Å²) in [6.45, 7) is 3.67. The molecule has 0 spiro atoms. The summed E-state index contributed by atoms with van der Waals surface area (Å²) in [4.78, 5) is 16.7. The lowest BCUT2D eigenvalue weighted by atomic mass is 9.96. The van der Waals surface area contributed by atoms with E-state index in [1.807, 2.05) is 31.2 Å². The molecular weight excluding hydrogens is 505 g/mol. The number of amides is 1. The normalized spacial score (nSPS) is 15.8. The molecule has 7 nitrogen and oxygen atoms in total. The van der Waals surface area contributed by atoms with E-state index < -0.39 is 32.7 Å². The maximum absolute atomic E-state index is 14.0. The van der Waals surface area contributed by atoms with Crippen LogP contribution in [0.2, 0.25) is 0 Å². The molecule has 11 heteroatoms. The van der Waals surface area contributed by atoms with Gasteiger partial charge in [-0.1, -0.05) is 48.0 Å². The van der Waals surface area contributed by atoms with Gasteiger partial charge in [0.1, 0.15) is 10.7 Å². The summed E-state index contributed by atoms with van der Waals surface area (Å²) < 4.78 is 69.8. The van der Waals surface area contributed by atoms with Crippen molar-refractivity contribution in [1.82, 2.24) is 9.71 Å². The van der Waals surface area contributed by atoms with Crippen molar-refractivity contribution in [2.75, 3.05) is 23.3 Å². The minimum absolute atomic E-state index is 0.0609. The monoisotopic (exact) mass is 532 g/mol. The molecule has 1 aliphatic heterocycles. The van der Waals surface area contributed by atoms with Gasteiger partial charge in [0.2, 0.25) is 15.9 Å². The Bertz CT molecular complexity index is 1410. The molecule has 0 saturated carbocycles. The fraction of sp³-hybridized carbons (Fsp3) is 0.308. The topological polar surface area (TPSA) is 91.4 Å². The number of carbonyl (C=O) groups excluding carboxylic acids is 1. The fourth-order valence-corrected chi connectivity index (χ4v) is 5.63. The highest BCUT2D eigenvalue weighted by Gasteiger charge is 2.38. The van der Waals surface area contributed by atoms with Gasteiger partial charge in [0.25, 0.3) is 0 Å². The van der Waals surface area contributed by atoms with Crippen molar-refractivity contribution in [2.24, 2.45) is 0 Å². The van der Waals surface area contributed by atoms with Crippen LogP contribution in [0.5, 0.6) is 0 Å². The van der Waals surface area contributed by atoms with Gasteiger partial charge >= 0.3 is 6.18 Å². The number of rotatable bonds is 7. The van der Waals surface area contributed by atoms with Gasteiger partial charge in [-0.15, -0.1) is 0 Å². The van der Waals surface area contributed by atoms with E-state index in [9.17, 15) is 26.4 Å². The summed E-state index contributed by atoms with van der Waals surface area (Å²) >= 11 is 0. The molecule has 0 saturated heterocycles. The first-order valence-corrected chi connectivity index (χ1v) is 13.2. The zero-order valence-corrected chi connectivity index (χ0v) is 21.2. The van der Waals surface area contributed by atoms with Crippen LogP contribution in [0, 0.1) is 6.92 Å². The second-order valence-corrected chi connectivity index (χ2v) is 10.7. The summed E-state index contributed by atoms with van der Waals surface area (Å²) in [5.74, 6) is -0.241. The van der Waals surface area contributed by atoms with E-state index in [1.165, 1.54) is 6.92 Å². The first-order valence-electron chi connectivity index (χ1n) is 11.7. The minimum atomic E-state index is -4.92. The second-order valence-electron chi connectivity index (χ2n) is 8.92. The molecular formula is C26H27F3N4O3S. The number of alkyl halides is 3. The molecule has 1 amide bonds. The van der Waals surface area contributed by atoms with Crippen LogP contribution in [0.4, 0.5) is 24.7 Å². The Hall–Kier alpha value is -3.44. The van der Waals surface area contributed by atoms with Crippen molar-refractivity contribution in [3.63, 3.8) is 0 Å². The van der Waals surface area contributed by atoms with E-state index in [2.05, 4.69) is 15.0 Å². The molecule has 0 bridgehead atoms. The first kappa shape index (κ1) is 26.6. The number of hydrogen-bond acceptors (Lipinski definition) is 5. The maximum Gasteiger partial charge on any atom is 0.417 e. The number of hydrogen-bond donors (Lipinski definition) is 2. The van der Waals surface area contributed by atoms with Crippen LogP contribution < -0.4 is 14.9 Å². The van der Waals surface area contributed by atoms with Crippen molar-refractivity contribution >= 4 is 27.4 Å². The van der Waals surface area contributed by atoms with Crippen LogP contribution in [0.3, 0.4) is 0 Å².